The van der Waals surface area contributed by atoms with Crippen molar-refractivity contribution in [3.8, 4) is 5.75 Å². The number of hydrogen-bond donors (Lipinski definition) is 1. The number of halogens is 2. The lowest BCUT2D eigenvalue weighted by molar-refractivity contribution is -0.122. The van der Waals surface area contributed by atoms with Crippen LogP contribution in [-0.4, -0.2) is 17.8 Å². The molecule has 0 aliphatic rings. The summed E-state index contributed by atoms with van der Waals surface area (Å²) in [6.45, 7) is 3.04. The third kappa shape index (κ3) is 4.53. The van der Waals surface area contributed by atoms with Crippen LogP contribution in [0.1, 0.15) is 24.2 Å². The van der Waals surface area contributed by atoms with Crippen molar-refractivity contribution in [1.82, 2.24) is 0 Å². The Hall–Kier alpha value is -2.40. The van der Waals surface area contributed by atoms with Crippen LogP contribution in [0.15, 0.2) is 42.5 Å². The largest absolute Gasteiger partial charge is 0.481 e. The lowest BCUT2D eigenvalue weighted by Gasteiger charge is -2.15. The molecular formula is C17H15ClFNO3. The molecule has 23 heavy (non-hydrogen) atoms. The van der Waals surface area contributed by atoms with E-state index >= 15 is 0 Å². The van der Waals surface area contributed by atoms with E-state index in [0.717, 1.165) is 0 Å². The third-order valence-corrected chi connectivity index (χ3v) is 3.42. The summed E-state index contributed by atoms with van der Waals surface area (Å²) in [5, 5.41) is 2.60. The summed E-state index contributed by atoms with van der Waals surface area (Å²) in [4.78, 5) is 23.3. The predicted molar refractivity (Wildman–Crippen MR) is 86.6 cm³/mol. The van der Waals surface area contributed by atoms with Crippen LogP contribution in [0.2, 0.25) is 5.02 Å². The van der Waals surface area contributed by atoms with Gasteiger partial charge in [-0.1, -0.05) is 11.6 Å². The minimum absolute atomic E-state index is 0.0484. The van der Waals surface area contributed by atoms with Crippen LogP contribution in [-0.2, 0) is 4.79 Å². The van der Waals surface area contributed by atoms with Crippen LogP contribution in [0.5, 0.6) is 5.75 Å². The predicted octanol–water partition coefficient (Wildman–Crippen LogP) is 4.09. The van der Waals surface area contributed by atoms with Crippen molar-refractivity contribution >= 4 is 29.0 Å². The van der Waals surface area contributed by atoms with E-state index in [1.54, 1.807) is 31.2 Å². The van der Waals surface area contributed by atoms with E-state index in [1.165, 1.54) is 25.1 Å². The number of anilines is 1. The van der Waals surface area contributed by atoms with Gasteiger partial charge in [0.2, 0.25) is 0 Å². The Balaban J connectivity index is 1.99. The van der Waals surface area contributed by atoms with Gasteiger partial charge in [0.15, 0.2) is 11.9 Å². The Morgan fingerprint density at radius 3 is 2.39 bits per heavy atom. The van der Waals surface area contributed by atoms with Crippen LogP contribution in [0.25, 0.3) is 0 Å². The quantitative estimate of drug-likeness (QED) is 0.837. The van der Waals surface area contributed by atoms with Crippen molar-refractivity contribution in [3.05, 3.63) is 58.9 Å². The Bertz CT molecular complexity index is 731. The van der Waals surface area contributed by atoms with Crippen LogP contribution in [0.3, 0.4) is 0 Å². The fourth-order valence-corrected chi connectivity index (χ4v) is 2.01. The molecule has 0 saturated carbocycles. The van der Waals surface area contributed by atoms with E-state index in [2.05, 4.69) is 5.32 Å². The lowest BCUT2D eigenvalue weighted by Crippen LogP contribution is -2.30. The molecule has 0 aliphatic carbocycles. The SMILES string of the molecule is CC(=O)c1ccc(NC(=O)C(C)Oc2ccc(F)c(Cl)c2)cc1. The van der Waals surface area contributed by atoms with Gasteiger partial charge in [0.1, 0.15) is 11.6 Å². The lowest BCUT2D eigenvalue weighted by atomic mass is 10.1. The summed E-state index contributed by atoms with van der Waals surface area (Å²) in [7, 11) is 0. The van der Waals surface area contributed by atoms with Crippen LogP contribution < -0.4 is 10.1 Å². The summed E-state index contributed by atoms with van der Waals surface area (Å²) >= 11 is 5.66. The third-order valence-electron chi connectivity index (χ3n) is 3.13. The molecule has 1 amide bonds. The van der Waals surface area contributed by atoms with Gasteiger partial charge in [-0.15, -0.1) is 0 Å². The van der Waals surface area contributed by atoms with Gasteiger partial charge >= 0.3 is 0 Å². The molecule has 0 aliphatic heterocycles. The zero-order chi connectivity index (χ0) is 17.0. The van der Waals surface area contributed by atoms with E-state index in [4.69, 9.17) is 16.3 Å². The number of carbonyl (C=O) groups is 2. The molecule has 0 aromatic heterocycles. The monoisotopic (exact) mass is 335 g/mol. The summed E-state index contributed by atoms with van der Waals surface area (Å²) in [6, 6.07) is 10.4. The van der Waals surface area contributed by atoms with Gasteiger partial charge in [-0.2, -0.15) is 0 Å². The van der Waals surface area contributed by atoms with E-state index in [9.17, 15) is 14.0 Å². The number of ketones is 1. The molecule has 0 fully saturated rings. The number of benzene rings is 2. The number of ether oxygens (including phenoxy) is 1. The van der Waals surface area contributed by atoms with E-state index in [1.807, 2.05) is 0 Å². The first kappa shape index (κ1) is 17.0. The highest BCUT2D eigenvalue weighted by molar-refractivity contribution is 6.30. The summed E-state index contributed by atoms with van der Waals surface area (Å²) < 4.78 is 18.5. The normalized spacial score (nSPS) is 11.7. The van der Waals surface area contributed by atoms with Gasteiger partial charge in [-0.25, -0.2) is 4.39 Å². The second-order valence-corrected chi connectivity index (χ2v) is 5.37. The van der Waals surface area contributed by atoms with Gasteiger partial charge in [0.25, 0.3) is 5.91 Å². The molecule has 1 N–H and O–H groups in total. The van der Waals surface area contributed by atoms with E-state index in [-0.39, 0.29) is 16.7 Å². The molecule has 2 aromatic rings. The Kier molecular flexibility index (Phi) is 5.34. The molecular weight excluding hydrogens is 321 g/mol. The molecule has 2 aromatic carbocycles. The molecule has 1 unspecified atom stereocenters. The zero-order valence-electron chi connectivity index (χ0n) is 12.6. The molecule has 0 radical (unpaired) electrons. The van der Waals surface area contributed by atoms with Gasteiger partial charge < -0.3 is 10.1 Å². The second kappa shape index (κ2) is 7.24. The highest BCUT2D eigenvalue weighted by Gasteiger charge is 2.15. The maximum Gasteiger partial charge on any atom is 0.265 e. The topological polar surface area (TPSA) is 55.4 Å². The summed E-state index contributed by atoms with van der Waals surface area (Å²) in [6.07, 6.45) is -0.802. The molecule has 0 bridgehead atoms. The van der Waals surface area contributed by atoms with Gasteiger partial charge in [-0.3, -0.25) is 9.59 Å². The highest BCUT2D eigenvalue weighted by atomic mass is 35.5. The molecule has 0 heterocycles. The molecule has 0 saturated heterocycles. The molecule has 0 spiro atoms. The fraction of sp³-hybridized carbons (Fsp3) is 0.176. The van der Waals surface area contributed by atoms with Crippen LogP contribution >= 0.6 is 11.6 Å². The summed E-state index contributed by atoms with van der Waals surface area (Å²) in [5.74, 6) is -0.679. The first-order valence-corrected chi connectivity index (χ1v) is 7.28. The maximum atomic E-state index is 13.1. The van der Waals surface area contributed by atoms with Crippen molar-refractivity contribution < 1.29 is 18.7 Å². The number of nitrogens with one attached hydrogen (secondary N) is 1. The molecule has 1 atom stereocenters. The van der Waals surface area contributed by atoms with Crippen LogP contribution in [0, 0.1) is 5.82 Å². The zero-order valence-corrected chi connectivity index (χ0v) is 13.4. The van der Waals surface area contributed by atoms with Crippen molar-refractivity contribution in [3.63, 3.8) is 0 Å². The fourth-order valence-electron chi connectivity index (χ4n) is 1.84. The van der Waals surface area contributed by atoms with E-state index < -0.39 is 11.9 Å². The second-order valence-electron chi connectivity index (χ2n) is 4.96. The van der Waals surface area contributed by atoms with Gasteiger partial charge in [0, 0.05) is 17.3 Å². The van der Waals surface area contributed by atoms with Gasteiger partial charge in [-0.05, 0) is 50.2 Å². The maximum absolute atomic E-state index is 13.1. The Labute approximate surface area is 138 Å². The smallest absolute Gasteiger partial charge is 0.265 e. The highest BCUT2D eigenvalue weighted by Crippen LogP contribution is 2.22. The number of Topliss-reactive ketones (excluding diaryl/α,β-unsaturated/α-hetero) is 1. The van der Waals surface area contributed by atoms with Crippen LogP contribution in [0.4, 0.5) is 10.1 Å². The minimum Gasteiger partial charge on any atom is -0.481 e. The minimum atomic E-state index is -0.802. The number of hydrogen-bond acceptors (Lipinski definition) is 3. The molecule has 4 nitrogen and oxygen atoms in total. The first-order valence-electron chi connectivity index (χ1n) is 6.90. The Morgan fingerprint density at radius 2 is 1.83 bits per heavy atom. The van der Waals surface area contributed by atoms with Crippen molar-refractivity contribution in [1.29, 1.82) is 0 Å². The number of rotatable bonds is 5. The van der Waals surface area contributed by atoms with E-state index in [0.29, 0.717) is 17.0 Å². The Morgan fingerprint density at radius 1 is 1.17 bits per heavy atom. The molecule has 6 heteroatoms. The van der Waals surface area contributed by atoms with Crippen molar-refractivity contribution in [2.45, 2.75) is 20.0 Å². The molecule has 2 rings (SSSR count). The van der Waals surface area contributed by atoms with Gasteiger partial charge in [0.05, 0.1) is 5.02 Å². The first-order chi connectivity index (χ1) is 10.9. The van der Waals surface area contributed by atoms with Crippen molar-refractivity contribution in [2.75, 3.05) is 5.32 Å². The molecule has 120 valence electrons. The number of carbonyl (C=O) groups excluding carboxylic acids is 2. The van der Waals surface area contributed by atoms with Crippen molar-refractivity contribution in [2.24, 2.45) is 0 Å². The number of amides is 1. The summed E-state index contributed by atoms with van der Waals surface area (Å²) in [5.41, 5.74) is 1.11. The average molecular weight is 336 g/mol. The average Bonchev–Trinajstić information content (AvgIpc) is 2.51. The standard InChI is InChI=1S/C17H15ClFNO3/c1-10(21)12-3-5-13(6-4-12)20-17(22)11(2)23-14-7-8-16(19)15(18)9-14/h3-9,11H,1-2H3,(H,20,22).